The number of hydrogen-bond donors (Lipinski definition) is 0. The Hall–Kier alpha value is -2.38. The molecule has 2 fully saturated rings. The van der Waals surface area contributed by atoms with Crippen molar-refractivity contribution in [1.29, 1.82) is 0 Å². The summed E-state index contributed by atoms with van der Waals surface area (Å²) >= 11 is 0. The highest BCUT2D eigenvalue weighted by Gasteiger charge is 2.33. The van der Waals surface area contributed by atoms with Crippen LogP contribution in [0.4, 0.5) is 0 Å². The Labute approximate surface area is 320 Å². The van der Waals surface area contributed by atoms with Gasteiger partial charge in [-0.3, -0.25) is 28.8 Å². The molecule has 11 nitrogen and oxygen atoms in total. The maximum Gasteiger partial charge on any atom is 0.303 e. The van der Waals surface area contributed by atoms with Gasteiger partial charge in [-0.05, 0) is 112 Å². The summed E-state index contributed by atoms with van der Waals surface area (Å²) in [5, 5.41) is 0. The number of hydrogen-bond acceptors (Lipinski definition) is 11. The van der Waals surface area contributed by atoms with Gasteiger partial charge in [0.2, 0.25) is 0 Å². The molecular formula is C40H72O11P2. The van der Waals surface area contributed by atoms with Crippen LogP contribution in [-0.2, 0) is 52.1 Å². The maximum absolute atomic E-state index is 12.0. The van der Waals surface area contributed by atoms with E-state index in [2.05, 4.69) is 0 Å². The summed E-state index contributed by atoms with van der Waals surface area (Å²) in [5.74, 6) is -0.514. The molecule has 0 heterocycles. The summed E-state index contributed by atoms with van der Waals surface area (Å²) in [7, 11) is -4.04. The van der Waals surface area contributed by atoms with Crippen LogP contribution in [0.25, 0.3) is 0 Å². The van der Waals surface area contributed by atoms with E-state index in [4.69, 9.17) is 14.2 Å². The number of ether oxygens (including phenoxy) is 3. The van der Waals surface area contributed by atoms with Crippen molar-refractivity contribution in [3.8, 4) is 0 Å². The summed E-state index contributed by atoms with van der Waals surface area (Å²) in [6, 6.07) is 0. The van der Waals surface area contributed by atoms with Crippen LogP contribution in [0.2, 0.25) is 0 Å². The largest absolute Gasteiger partial charge is 0.452 e. The van der Waals surface area contributed by atoms with E-state index in [0.29, 0.717) is 18.3 Å². The van der Waals surface area contributed by atoms with Crippen molar-refractivity contribution in [2.75, 3.05) is 39.5 Å². The van der Waals surface area contributed by atoms with Crippen LogP contribution >= 0.6 is 14.3 Å². The molecule has 0 aromatic heterocycles. The lowest BCUT2D eigenvalue weighted by Gasteiger charge is -2.25. The number of carbonyl (C=O) groups excluding carboxylic acids is 6. The van der Waals surface area contributed by atoms with Crippen molar-refractivity contribution >= 4 is 49.5 Å². The van der Waals surface area contributed by atoms with E-state index in [0.717, 1.165) is 19.3 Å². The van der Waals surface area contributed by atoms with E-state index in [1.807, 2.05) is 6.08 Å². The number of Topliss-reactive ketones (excluding diaryl/α,β-unsaturated/α-hetero) is 2. The molecule has 0 unspecified atom stereocenters. The highest BCUT2D eigenvalue weighted by molar-refractivity contribution is 7.63. The molecular weight excluding hydrogens is 718 g/mol. The van der Waals surface area contributed by atoms with E-state index >= 15 is 0 Å². The van der Waals surface area contributed by atoms with Crippen molar-refractivity contribution in [1.82, 2.24) is 0 Å². The average Bonchev–Trinajstić information content (AvgIpc) is 2.96. The second-order valence-corrected chi connectivity index (χ2v) is 24.2. The zero-order chi connectivity index (χ0) is 41.8. The lowest BCUT2D eigenvalue weighted by Crippen LogP contribution is -2.38. The third-order valence-corrected chi connectivity index (χ3v) is 9.38. The highest BCUT2D eigenvalue weighted by Crippen LogP contribution is 2.37. The molecule has 0 aromatic carbocycles. The van der Waals surface area contributed by atoms with Gasteiger partial charge in [0, 0.05) is 27.2 Å². The van der Waals surface area contributed by atoms with E-state index in [1.165, 1.54) is 99.3 Å². The minimum Gasteiger partial charge on any atom is -0.452 e. The molecule has 0 bridgehead atoms. The van der Waals surface area contributed by atoms with Crippen molar-refractivity contribution in [2.24, 2.45) is 11.8 Å². The molecule has 0 atom stereocenters. The Balaban J connectivity index is 0. The highest BCUT2D eigenvalue weighted by atomic mass is 31.2. The fraction of sp³-hybridized carbons (Fsp3) is 0.800. The molecule has 2 aliphatic carbocycles. The van der Waals surface area contributed by atoms with E-state index in [-0.39, 0.29) is 29.5 Å². The first-order chi connectivity index (χ1) is 23.9. The quantitative estimate of drug-likeness (QED) is 0.0757. The molecule has 0 radical (unpaired) electrons. The third kappa shape index (κ3) is 29.6. The predicted octanol–water partition coefficient (Wildman–Crippen LogP) is 9.05. The first-order valence-electron chi connectivity index (χ1n) is 18.8. The second-order valence-electron chi connectivity index (χ2n) is 16.9. The lowest BCUT2D eigenvalue weighted by molar-refractivity contribution is -0.162. The fourth-order valence-electron chi connectivity index (χ4n) is 5.64. The normalized spacial score (nSPS) is 16.0. The standard InChI is InChI=1S/C14H24O3.C14H22O3.C9H17O4P.C3H9OP/c2*1-11(15)17-14(2,3)13(16)10-9-12-7-5-4-6-8-12;1-7(10)13-9(2,3)8(11)6-14(4,5)12;1-5(2,3)4/h12H,4-10H2,1-3H3;9-10,12H,4-8H2,1-3H3;6H2,1-5H3;1-3H3/b;10-9+;;. The summed E-state index contributed by atoms with van der Waals surface area (Å²) in [4.78, 5) is 67.9. The van der Waals surface area contributed by atoms with Crippen LogP contribution in [0.15, 0.2) is 12.2 Å². The first-order valence-corrected chi connectivity index (χ1v) is 24.7. The monoisotopic (exact) mass is 790 g/mol. The Morgan fingerprint density at radius 3 is 1.32 bits per heavy atom. The van der Waals surface area contributed by atoms with Crippen LogP contribution in [0.1, 0.15) is 139 Å². The molecule has 0 aliphatic heterocycles. The smallest absolute Gasteiger partial charge is 0.303 e. The zero-order valence-electron chi connectivity index (χ0n) is 35.4. The van der Waals surface area contributed by atoms with Crippen LogP contribution in [0, 0.1) is 11.8 Å². The van der Waals surface area contributed by atoms with Gasteiger partial charge in [-0.15, -0.1) is 0 Å². The van der Waals surface area contributed by atoms with Gasteiger partial charge in [-0.2, -0.15) is 0 Å². The summed E-state index contributed by atoms with van der Waals surface area (Å²) in [6.07, 6.45) is 17.6. The number of allylic oxidation sites excluding steroid dienone is 1. The Morgan fingerprint density at radius 1 is 0.585 bits per heavy atom. The number of rotatable bonds is 13. The van der Waals surface area contributed by atoms with E-state index in [9.17, 15) is 37.9 Å². The third-order valence-electron chi connectivity index (χ3n) is 8.33. The van der Waals surface area contributed by atoms with Crippen LogP contribution < -0.4 is 0 Å². The molecule has 2 aliphatic rings. The number of carbonyl (C=O) groups is 6. The van der Waals surface area contributed by atoms with Crippen molar-refractivity contribution < 1.29 is 52.1 Å². The van der Waals surface area contributed by atoms with Gasteiger partial charge in [-0.1, -0.05) is 57.4 Å². The molecule has 0 amide bonds. The minimum absolute atomic E-state index is 0.0344. The molecule has 308 valence electrons. The van der Waals surface area contributed by atoms with E-state index < -0.39 is 43.0 Å². The van der Waals surface area contributed by atoms with Crippen molar-refractivity contribution in [3.05, 3.63) is 12.2 Å². The maximum atomic E-state index is 12.0. The van der Waals surface area contributed by atoms with Gasteiger partial charge in [-0.25, -0.2) is 0 Å². The van der Waals surface area contributed by atoms with Gasteiger partial charge in [0.15, 0.2) is 34.2 Å². The molecule has 53 heavy (non-hydrogen) atoms. The summed E-state index contributed by atoms with van der Waals surface area (Å²) in [6.45, 7) is 21.8. The number of ketones is 3. The molecule has 2 saturated carbocycles. The Kier molecular flexibility index (Phi) is 24.1. The summed E-state index contributed by atoms with van der Waals surface area (Å²) < 4.78 is 36.5. The number of esters is 3. The fourth-order valence-corrected chi connectivity index (χ4v) is 6.71. The average molecular weight is 791 g/mol. The van der Waals surface area contributed by atoms with Crippen molar-refractivity contribution in [3.63, 3.8) is 0 Å². The minimum atomic E-state index is -2.40. The first kappa shape index (κ1) is 52.7. The van der Waals surface area contributed by atoms with Gasteiger partial charge < -0.3 is 23.3 Å². The predicted molar refractivity (Wildman–Crippen MR) is 214 cm³/mol. The topological polar surface area (TPSA) is 164 Å². The van der Waals surface area contributed by atoms with Crippen molar-refractivity contribution in [2.45, 2.75) is 156 Å². The Morgan fingerprint density at radius 2 is 0.943 bits per heavy atom. The van der Waals surface area contributed by atoms with E-state index in [1.54, 1.807) is 53.8 Å². The van der Waals surface area contributed by atoms with Gasteiger partial charge >= 0.3 is 17.9 Å². The molecule has 13 heteroatoms. The van der Waals surface area contributed by atoms with Gasteiger partial charge in [0.1, 0.15) is 0 Å². The Bertz CT molecular complexity index is 1310. The zero-order valence-corrected chi connectivity index (χ0v) is 37.2. The second kappa shape index (κ2) is 24.2. The summed E-state index contributed by atoms with van der Waals surface area (Å²) in [5.41, 5.74) is -3.18. The van der Waals surface area contributed by atoms with Gasteiger partial charge in [0.05, 0.1) is 20.4 Å². The van der Waals surface area contributed by atoms with Crippen LogP contribution in [-0.4, -0.2) is 91.5 Å². The molecule has 2 rings (SSSR count). The lowest BCUT2D eigenvalue weighted by atomic mass is 9.84. The molecule has 0 spiro atoms. The van der Waals surface area contributed by atoms with Crippen LogP contribution in [0.3, 0.4) is 0 Å². The SMILES string of the molecule is CC(=O)OC(C)(C)C(=O)/C=C/C1CCCCC1.CC(=O)OC(C)(C)C(=O)CCC1CCCCC1.CC(=O)OC(C)(C)C(=O)CP(C)(C)=O.CP(C)(C)=O. The molecule has 0 N–H and O–H groups in total. The molecule has 0 saturated heterocycles. The molecule has 0 aromatic rings. The van der Waals surface area contributed by atoms with Gasteiger partial charge in [0.25, 0.3) is 0 Å². The van der Waals surface area contributed by atoms with Crippen LogP contribution in [0.5, 0.6) is 0 Å².